The predicted molar refractivity (Wildman–Crippen MR) is 113 cm³/mol. The third-order valence-corrected chi connectivity index (χ3v) is 6.77. The van der Waals surface area contributed by atoms with E-state index in [4.69, 9.17) is 0 Å². The number of hydrogen-bond acceptors (Lipinski definition) is 4. The maximum absolute atomic E-state index is 13.9. The molecule has 0 aliphatic heterocycles. The summed E-state index contributed by atoms with van der Waals surface area (Å²) < 4.78 is 43.5. The number of para-hydroxylation sites is 1. The van der Waals surface area contributed by atoms with E-state index in [0.29, 0.717) is 17.1 Å². The van der Waals surface area contributed by atoms with E-state index in [-0.39, 0.29) is 10.6 Å². The first kappa shape index (κ1) is 21.5. The minimum absolute atomic E-state index is 0.0162. The summed E-state index contributed by atoms with van der Waals surface area (Å²) >= 11 is 0. The summed E-state index contributed by atoms with van der Waals surface area (Å²) in [4.78, 5) is 12.7. The van der Waals surface area contributed by atoms with Crippen LogP contribution in [0.5, 0.6) is 0 Å². The fourth-order valence-electron chi connectivity index (χ4n) is 3.15. The van der Waals surface area contributed by atoms with Crippen molar-refractivity contribution in [2.45, 2.75) is 25.7 Å². The molecule has 0 radical (unpaired) electrons. The van der Waals surface area contributed by atoms with Crippen LogP contribution in [0.4, 0.5) is 15.8 Å². The highest BCUT2D eigenvalue weighted by atomic mass is 32.2. The first-order chi connectivity index (χ1) is 14.1. The molecule has 0 bridgehead atoms. The smallest absolute Gasteiger partial charge is 0.268 e. The molecule has 0 aliphatic rings. The van der Waals surface area contributed by atoms with Gasteiger partial charge in [0.15, 0.2) is 0 Å². The van der Waals surface area contributed by atoms with E-state index in [9.17, 15) is 17.6 Å². The lowest BCUT2D eigenvalue weighted by Gasteiger charge is -2.24. The van der Waals surface area contributed by atoms with Gasteiger partial charge in [-0.05, 0) is 45.0 Å². The molecule has 3 rings (SSSR count). The SMILES string of the molecule is Cc1ccc(N(CC(=O)Nc2ccccc2F)S(=O)(=O)c2c(C)nn(C)c2C)cc1. The van der Waals surface area contributed by atoms with Crippen molar-refractivity contribution in [1.82, 2.24) is 9.78 Å². The number of amides is 1. The summed E-state index contributed by atoms with van der Waals surface area (Å²) in [6, 6.07) is 12.5. The molecule has 0 spiro atoms. The van der Waals surface area contributed by atoms with E-state index >= 15 is 0 Å². The number of nitrogens with zero attached hydrogens (tertiary/aromatic N) is 3. The Morgan fingerprint density at radius 3 is 2.30 bits per heavy atom. The summed E-state index contributed by atoms with van der Waals surface area (Å²) in [5.41, 5.74) is 2.05. The topological polar surface area (TPSA) is 84.3 Å². The minimum Gasteiger partial charge on any atom is -0.322 e. The van der Waals surface area contributed by atoms with Crippen molar-refractivity contribution in [3.05, 3.63) is 71.3 Å². The van der Waals surface area contributed by atoms with Gasteiger partial charge >= 0.3 is 0 Å². The number of carbonyl (C=O) groups excluding carboxylic acids is 1. The molecule has 1 heterocycles. The van der Waals surface area contributed by atoms with Crippen LogP contribution in [-0.2, 0) is 21.9 Å². The van der Waals surface area contributed by atoms with Crippen LogP contribution in [0, 0.1) is 26.6 Å². The average molecular weight is 431 g/mol. The van der Waals surface area contributed by atoms with Gasteiger partial charge in [0.05, 0.1) is 22.8 Å². The standard InChI is InChI=1S/C21H23FN4O3S/c1-14-9-11-17(12-10-14)26(13-20(27)23-19-8-6-5-7-18(19)22)30(28,29)21-15(2)24-25(4)16(21)3/h5-12H,13H2,1-4H3,(H,23,27). The van der Waals surface area contributed by atoms with E-state index in [1.807, 2.05) is 6.92 Å². The van der Waals surface area contributed by atoms with Gasteiger partial charge in [0.25, 0.3) is 10.0 Å². The summed E-state index contributed by atoms with van der Waals surface area (Å²) in [5, 5.41) is 6.63. The van der Waals surface area contributed by atoms with Crippen LogP contribution in [0.15, 0.2) is 53.4 Å². The Labute approximate surface area is 175 Å². The fourth-order valence-corrected chi connectivity index (χ4v) is 4.97. The Bertz CT molecular complexity index is 1190. The lowest BCUT2D eigenvalue weighted by Crippen LogP contribution is -2.38. The van der Waals surface area contributed by atoms with Crippen LogP contribution >= 0.6 is 0 Å². The summed E-state index contributed by atoms with van der Waals surface area (Å²) in [7, 11) is -2.45. The van der Waals surface area contributed by atoms with E-state index in [1.165, 1.54) is 22.9 Å². The molecule has 9 heteroatoms. The van der Waals surface area contributed by atoms with Crippen LogP contribution in [0.25, 0.3) is 0 Å². The first-order valence-corrected chi connectivity index (χ1v) is 10.7. The molecule has 0 unspecified atom stereocenters. The van der Waals surface area contributed by atoms with Crippen molar-refractivity contribution in [3.8, 4) is 0 Å². The van der Waals surface area contributed by atoms with Gasteiger partial charge in [-0.15, -0.1) is 0 Å². The van der Waals surface area contributed by atoms with Crippen molar-refractivity contribution >= 4 is 27.3 Å². The highest BCUT2D eigenvalue weighted by molar-refractivity contribution is 7.93. The van der Waals surface area contributed by atoms with Gasteiger partial charge in [-0.1, -0.05) is 29.8 Å². The number of rotatable bonds is 6. The number of aromatic nitrogens is 2. The molecule has 0 saturated heterocycles. The number of hydrogen-bond donors (Lipinski definition) is 1. The van der Waals surface area contributed by atoms with Gasteiger partial charge in [-0.3, -0.25) is 13.8 Å². The number of carbonyl (C=O) groups is 1. The molecule has 0 fully saturated rings. The van der Waals surface area contributed by atoms with Gasteiger partial charge in [-0.25, -0.2) is 12.8 Å². The normalized spacial score (nSPS) is 11.4. The van der Waals surface area contributed by atoms with E-state index < -0.39 is 28.3 Å². The van der Waals surface area contributed by atoms with Gasteiger partial charge in [0.2, 0.25) is 5.91 Å². The highest BCUT2D eigenvalue weighted by Gasteiger charge is 2.32. The van der Waals surface area contributed by atoms with Crippen LogP contribution in [-0.4, -0.2) is 30.7 Å². The van der Waals surface area contributed by atoms with E-state index in [1.54, 1.807) is 51.2 Å². The van der Waals surface area contributed by atoms with Gasteiger partial charge in [-0.2, -0.15) is 5.10 Å². The lowest BCUT2D eigenvalue weighted by atomic mass is 10.2. The molecule has 158 valence electrons. The van der Waals surface area contributed by atoms with Crippen molar-refractivity contribution < 1.29 is 17.6 Å². The van der Waals surface area contributed by atoms with Crippen LogP contribution < -0.4 is 9.62 Å². The molecule has 1 amide bonds. The Kier molecular flexibility index (Phi) is 5.93. The zero-order chi connectivity index (χ0) is 22.1. The number of nitrogens with one attached hydrogen (secondary N) is 1. The summed E-state index contributed by atoms with van der Waals surface area (Å²) in [6.45, 7) is 4.61. The molecule has 0 saturated carbocycles. The van der Waals surface area contributed by atoms with E-state index in [2.05, 4.69) is 10.4 Å². The monoisotopic (exact) mass is 430 g/mol. The summed E-state index contributed by atoms with van der Waals surface area (Å²) in [5.74, 6) is -1.27. The van der Waals surface area contributed by atoms with Crippen molar-refractivity contribution in [3.63, 3.8) is 0 Å². The Morgan fingerprint density at radius 2 is 1.73 bits per heavy atom. The van der Waals surface area contributed by atoms with E-state index in [0.717, 1.165) is 9.87 Å². The first-order valence-electron chi connectivity index (χ1n) is 9.25. The van der Waals surface area contributed by atoms with Gasteiger partial charge in [0.1, 0.15) is 17.3 Å². The van der Waals surface area contributed by atoms with Crippen molar-refractivity contribution in [2.24, 2.45) is 7.05 Å². The van der Waals surface area contributed by atoms with Crippen LogP contribution in [0.3, 0.4) is 0 Å². The molecule has 1 N–H and O–H groups in total. The van der Waals surface area contributed by atoms with Gasteiger partial charge < -0.3 is 5.32 Å². The maximum atomic E-state index is 13.9. The lowest BCUT2D eigenvalue weighted by molar-refractivity contribution is -0.114. The predicted octanol–water partition coefficient (Wildman–Crippen LogP) is 3.32. The van der Waals surface area contributed by atoms with Crippen LogP contribution in [0.2, 0.25) is 0 Å². The number of halogens is 1. The summed E-state index contributed by atoms with van der Waals surface area (Å²) in [6.07, 6.45) is 0. The number of aryl methyl sites for hydroxylation is 3. The molecular formula is C21H23FN4O3S. The third-order valence-electron chi connectivity index (χ3n) is 4.75. The molecule has 1 aromatic heterocycles. The number of sulfonamides is 1. The minimum atomic E-state index is -4.11. The Balaban J connectivity index is 2.02. The second kappa shape index (κ2) is 8.27. The van der Waals surface area contributed by atoms with Crippen molar-refractivity contribution in [1.29, 1.82) is 0 Å². The Hall–Kier alpha value is -3.20. The van der Waals surface area contributed by atoms with Crippen molar-refractivity contribution in [2.75, 3.05) is 16.2 Å². The molecule has 0 atom stereocenters. The number of anilines is 2. The molecule has 0 aliphatic carbocycles. The second-order valence-corrected chi connectivity index (χ2v) is 8.80. The average Bonchev–Trinajstić information content (AvgIpc) is 2.94. The zero-order valence-corrected chi connectivity index (χ0v) is 18.0. The quantitative estimate of drug-likeness (QED) is 0.650. The molecule has 3 aromatic rings. The molecule has 7 nitrogen and oxygen atoms in total. The largest absolute Gasteiger partial charge is 0.322 e. The molecular weight excluding hydrogens is 407 g/mol. The van der Waals surface area contributed by atoms with Crippen LogP contribution in [0.1, 0.15) is 17.0 Å². The fraction of sp³-hybridized carbons (Fsp3) is 0.238. The Morgan fingerprint density at radius 1 is 1.10 bits per heavy atom. The maximum Gasteiger partial charge on any atom is 0.268 e. The second-order valence-electron chi connectivity index (χ2n) is 7.00. The van der Waals surface area contributed by atoms with Gasteiger partial charge in [0, 0.05) is 7.05 Å². The molecule has 2 aromatic carbocycles. The third kappa shape index (κ3) is 4.20. The zero-order valence-electron chi connectivity index (χ0n) is 17.2. The number of benzene rings is 2. The highest BCUT2D eigenvalue weighted by Crippen LogP contribution is 2.28. The molecule has 30 heavy (non-hydrogen) atoms.